The maximum Gasteiger partial charge on any atom is 2.00 e. The molecule has 0 amide bonds. The van der Waals surface area contributed by atoms with Crippen LogP contribution in [0.25, 0.3) is 0 Å². The molecule has 0 aromatic heterocycles. The second-order valence-corrected chi connectivity index (χ2v) is 3.26. The molecule has 0 saturated carbocycles. The van der Waals surface area contributed by atoms with Crippen LogP contribution >= 0.6 is 11.8 Å². The molecule has 3 heteroatoms. The Morgan fingerprint density at radius 2 is 2.25 bits per heavy atom. The molecular formula is C9H11BrMgS. The zero-order valence-corrected chi connectivity index (χ0v) is 11.0. The van der Waals surface area contributed by atoms with Crippen LogP contribution in [0.1, 0.15) is 13.3 Å². The van der Waals surface area contributed by atoms with Crippen molar-refractivity contribution in [3.63, 3.8) is 0 Å². The van der Waals surface area contributed by atoms with E-state index in [1.54, 1.807) is 0 Å². The minimum Gasteiger partial charge on any atom is -1.00 e. The van der Waals surface area contributed by atoms with Crippen LogP contribution in [0.5, 0.6) is 0 Å². The fraction of sp³-hybridized carbons (Fsp3) is 0.333. The Bertz CT molecular complexity index is 179. The van der Waals surface area contributed by atoms with Gasteiger partial charge in [-0.05, 0) is 12.2 Å². The van der Waals surface area contributed by atoms with E-state index in [-0.39, 0.29) is 40.0 Å². The molecule has 0 unspecified atom stereocenters. The first-order chi connectivity index (χ1) is 4.93. The number of thioether (sulfide) groups is 1. The molecule has 0 aliphatic carbocycles. The zero-order valence-electron chi connectivity index (χ0n) is 7.22. The van der Waals surface area contributed by atoms with E-state index in [0.717, 1.165) is 0 Å². The van der Waals surface area contributed by atoms with Crippen molar-refractivity contribution in [2.24, 2.45) is 0 Å². The van der Waals surface area contributed by atoms with Crippen LogP contribution in [0.2, 0.25) is 0 Å². The summed E-state index contributed by atoms with van der Waals surface area (Å²) in [4.78, 5) is 1.32. The third kappa shape index (κ3) is 6.35. The molecule has 1 aromatic rings. The molecule has 0 radical (unpaired) electrons. The van der Waals surface area contributed by atoms with Crippen molar-refractivity contribution in [2.45, 2.75) is 18.2 Å². The van der Waals surface area contributed by atoms with Gasteiger partial charge >= 0.3 is 23.1 Å². The van der Waals surface area contributed by atoms with Gasteiger partial charge in [-0.1, -0.05) is 6.92 Å². The van der Waals surface area contributed by atoms with Gasteiger partial charge in [-0.3, -0.25) is 0 Å². The number of benzene rings is 1. The summed E-state index contributed by atoms with van der Waals surface area (Å²) in [7, 11) is 0. The Morgan fingerprint density at radius 1 is 1.50 bits per heavy atom. The molecule has 0 heterocycles. The maximum absolute atomic E-state index is 3.05. The van der Waals surface area contributed by atoms with E-state index >= 15 is 0 Å². The van der Waals surface area contributed by atoms with E-state index in [1.165, 1.54) is 17.1 Å². The van der Waals surface area contributed by atoms with Crippen LogP contribution in [-0.4, -0.2) is 28.8 Å². The minimum absolute atomic E-state index is 0. The smallest absolute Gasteiger partial charge is 1.00 e. The molecule has 0 fully saturated rings. The Morgan fingerprint density at radius 3 is 2.75 bits per heavy atom. The van der Waals surface area contributed by atoms with Crippen LogP contribution in [-0.2, 0) is 0 Å². The largest absolute Gasteiger partial charge is 2.00 e. The summed E-state index contributed by atoms with van der Waals surface area (Å²) in [6.07, 6.45) is 1.24. The Balaban J connectivity index is 0. The van der Waals surface area contributed by atoms with Gasteiger partial charge in [0.15, 0.2) is 0 Å². The van der Waals surface area contributed by atoms with E-state index < -0.39 is 0 Å². The van der Waals surface area contributed by atoms with Gasteiger partial charge in [0, 0.05) is 0 Å². The summed E-state index contributed by atoms with van der Waals surface area (Å²) in [6, 6.07) is 11.2. The fourth-order valence-electron chi connectivity index (χ4n) is 0.687. The first-order valence-electron chi connectivity index (χ1n) is 3.52. The van der Waals surface area contributed by atoms with E-state index in [1.807, 2.05) is 30.0 Å². The first kappa shape index (κ1) is 15.3. The quantitative estimate of drug-likeness (QED) is 0.403. The van der Waals surface area contributed by atoms with Crippen molar-refractivity contribution >= 4 is 34.8 Å². The molecular weight excluding hydrogens is 244 g/mol. The van der Waals surface area contributed by atoms with Gasteiger partial charge in [0.1, 0.15) is 0 Å². The summed E-state index contributed by atoms with van der Waals surface area (Å²) in [5, 5.41) is 0. The topological polar surface area (TPSA) is 0 Å². The van der Waals surface area contributed by atoms with Crippen molar-refractivity contribution in [2.75, 3.05) is 5.75 Å². The Hall–Kier alpha value is 0.816. The molecule has 0 N–H and O–H groups in total. The predicted octanol–water partition coefficient (Wildman–Crippen LogP) is -0.388. The monoisotopic (exact) mass is 254 g/mol. The summed E-state index contributed by atoms with van der Waals surface area (Å²) < 4.78 is 0. The van der Waals surface area contributed by atoms with Gasteiger partial charge in [-0.15, -0.1) is 4.90 Å². The van der Waals surface area contributed by atoms with Crippen LogP contribution in [0.3, 0.4) is 0 Å². The summed E-state index contributed by atoms with van der Waals surface area (Å²) >= 11 is 1.89. The zero-order chi connectivity index (χ0) is 7.23. The van der Waals surface area contributed by atoms with E-state index in [9.17, 15) is 0 Å². The molecule has 12 heavy (non-hydrogen) atoms. The number of rotatable bonds is 3. The molecule has 1 aromatic carbocycles. The fourth-order valence-corrected chi connectivity index (χ4v) is 1.45. The second kappa shape index (κ2) is 9.90. The molecule has 1 rings (SSSR count). The van der Waals surface area contributed by atoms with Gasteiger partial charge in [0.25, 0.3) is 0 Å². The summed E-state index contributed by atoms with van der Waals surface area (Å²) in [5.41, 5.74) is 0. The van der Waals surface area contributed by atoms with E-state index in [4.69, 9.17) is 0 Å². The van der Waals surface area contributed by atoms with Crippen molar-refractivity contribution in [3.8, 4) is 0 Å². The summed E-state index contributed by atoms with van der Waals surface area (Å²) in [5.74, 6) is 1.21. The number of hydrogen-bond donors (Lipinski definition) is 0. The number of halogens is 1. The van der Waals surface area contributed by atoms with Crippen molar-refractivity contribution in [3.05, 3.63) is 30.3 Å². The van der Waals surface area contributed by atoms with Crippen LogP contribution in [0.4, 0.5) is 0 Å². The minimum atomic E-state index is 0. The Labute approximate surface area is 105 Å². The van der Waals surface area contributed by atoms with Crippen molar-refractivity contribution in [1.82, 2.24) is 0 Å². The van der Waals surface area contributed by atoms with E-state index in [2.05, 4.69) is 19.1 Å². The van der Waals surface area contributed by atoms with Gasteiger partial charge in [-0.2, -0.15) is 42.1 Å². The van der Waals surface area contributed by atoms with Crippen molar-refractivity contribution in [1.29, 1.82) is 0 Å². The predicted molar refractivity (Wildman–Crippen MR) is 52.0 cm³/mol. The van der Waals surface area contributed by atoms with Crippen LogP contribution in [0.15, 0.2) is 29.2 Å². The molecule has 0 nitrogen and oxygen atoms in total. The third-order valence-corrected chi connectivity index (χ3v) is 2.35. The second-order valence-electron chi connectivity index (χ2n) is 2.09. The SMILES string of the molecule is CCCSc1c[c-]ccc1.[Br-].[Mg+2]. The van der Waals surface area contributed by atoms with Gasteiger partial charge in [-0.25, -0.2) is 0 Å². The summed E-state index contributed by atoms with van der Waals surface area (Å²) in [6.45, 7) is 2.19. The molecule has 0 atom stereocenters. The van der Waals surface area contributed by atoms with Gasteiger partial charge in [0.05, 0.1) is 0 Å². The molecule has 0 saturated heterocycles. The van der Waals surface area contributed by atoms with Crippen molar-refractivity contribution < 1.29 is 17.0 Å². The third-order valence-electron chi connectivity index (χ3n) is 1.15. The van der Waals surface area contributed by atoms with E-state index in [0.29, 0.717) is 0 Å². The normalized spacial score (nSPS) is 8.08. The van der Waals surface area contributed by atoms with Gasteiger partial charge in [0.2, 0.25) is 0 Å². The molecule has 62 valence electrons. The number of hydrogen-bond acceptors (Lipinski definition) is 1. The standard InChI is InChI=1S/C9H11S.BrH.Mg/c1-2-8-10-9-6-4-3-5-7-9;;/h3-4,6-7H,2,8H2,1H3;1H;/q-1;;+2/p-1. The molecule has 0 bridgehead atoms. The average Bonchev–Trinajstić information content (AvgIpc) is 2.03. The molecule has 0 aliphatic rings. The maximum atomic E-state index is 3.05. The Kier molecular flexibility index (Phi) is 12.6. The average molecular weight is 255 g/mol. The van der Waals surface area contributed by atoms with Gasteiger partial charge < -0.3 is 17.0 Å². The van der Waals surface area contributed by atoms with Crippen LogP contribution in [0, 0.1) is 6.07 Å². The molecule has 0 aliphatic heterocycles. The van der Waals surface area contributed by atoms with Crippen LogP contribution < -0.4 is 17.0 Å². The first-order valence-corrected chi connectivity index (χ1v) is 4.51. The molecule has 0 spiro atoms.